The maximum atomic E-state index is 11.9. The van der Waals surface area contributed by atoms with Crippen LogP contribution in [0.4, 0.5) is 0 Å². The lowest BCUT2D eigenvalue weighted by Gasteiger charge is -2.39. The van der Waals surface area contributed by atoms with Gasteiger partial charge in [-0.05, 0) is 45.0 Å². The molecule has 0 aliphatic heterocycles. The number of hydrogen-bond donors (Lipinski definition) is 1. The lowest BCUT2D eigenvalue weighted by atomic mass is 10.1. The maximum absolute atomic E-state index is 11.9. The van der Waals surface area contributed by atoms with E-state index < -0.39 is 26.5 Å². The first-order valence-corrected chi connectivity index (χ1v) is 11.1. The number of aryl methyl sites for hydroxylation is 1. The molecule has 0 fully saturated rings. The van der Waals surface area contributed by atoms with Crippen LogP contribution < -0.4 is 0 Å². The minimum absolute atomic E-state index is 0.0242. The monoisotopic (exact) mass is 358 g/mol. The predicted octanol–water partition coefficient (Wildman–Crippen LogP) is 4.71. The molecule has 0 saturated carbocycles. The summed E-state index contributed by atoms with van der Waals surface area (Å²) in [7, 11) is -2.05. The molecule has 138 valence electrons. The molecule has 0 radical (unpaired) electrons. The molecule has 24 heavy (non-hydrogen) atoms. The van der Waals surface area contributed by atoms with Gasteiger partial charge in [0.25, 0.3) is 0 Å². The van der Waals surface area contributed by atoms with Gasteiger partial charge in [0, 0.05) is 0 Å². The molecule has 0 aromatic carbocycles. The molecule has 7 heteroatoms. The molecule has 1 heterocycles. The van der Waals surface area contributed by atoms with Gasteiger partial charge in [-0.1, -0.05) is 20.8 Å². The van der Waals surface area contributed by atoms with Crippen molar-refractivity contribution >= 4 is 14.3 Å². The maximum Gasteiger partial charge on any atom is 0.341 e. The fraction of sp³-hybridized carbons (Fsp3) is 0.706. The Bertz CT molecular complexity index is 558. The van der Waals surface area contributed by atoms with Gasteiger partial charge in [0.1, 0.15) is 17.1 Å². The number of ether oxygens (including phenoxy) is 1. The Kier molecular flexibility index (Phi) is 6.81. The molecule has 1 N–H and O–H groups in total. The Morgan fingerprint density at radius 3 is 2.42 bits per heavy atom. The number of rotatable bonds is 7. The van der Waals surface area contributed by atoms with Crippen molar-refractivity contribution in [1.29, 1.82) is 0 Å². The van der Waals surface area contributed by atoms with Crippen LogP contribution in [0.5, 0.6) is 0 Å². The molecule has 0 unspecified atom stereocenters. The molecule has 0 aliphatic carbocycles. The van der Waals surface area contributed by atoms with E-state index in [0.29, 0.717) is 17.1 Å². The normalized spacial score (nSPS) is 15.2. The first kappa shape index (κ1) is 20.9. The molecule has 6 nitrogen and oxygen atoms in total. The van der Waals surface area contributed by atoms with Crippen molar-refractivity contribution in [1.82, 2.24) is 0 Å². The van der Waals surface area contributed by atoms with E-state index in [4.69, 9.17) is 13.6 Å². The molecule has 0 saturated heterocycles. The number of furan rings is 1. The molecular weight excluding hydrogens is 328 g/mol. The van der Waals surface area contributed by atoms with Crippen LogP contribution in [0.15, 0.2) is 10.5 Å². The standard InChI is InChI=1S/C17H30O6Si/c1-9-20-16(18)13-10-14(21-11(13)2)15(22-19)12(3)23-24(7,8)17(4,5)6/h10,12,15,19H,9H2,1-8H3/t12-,15+/m0/s1. The fourth-order valence-corrected chi connectivity index (χ4v) is 3.54. The lowest BCUT2D eigenvalue weighted by molar-refractivity contribution is -0.301. The zero-order valence-corrected chi connectivity index (χ0v) is 16.9. The molecular formula is C17H30O6Si. The van der Waals surface area contributed by atoms with Gasteiger partial charge in [-0.3, -0.25) is 5.26 Å². The summed E-state index contributed by atoms with van der Waals surface area (Å²) in [4.78, 5) is 16.5. The minimum Gasteiger partial charge on any atom is -0.462 e. The molecule has 0 bridgehead atoms. The summed E-state index contributed by atoms with van der Waals surface area (Å²) in [5, 5.41) is 9.38. The van der Waals surface area contributed by atoms with Gasteiger partial charge in [-0.2, -0.15) is 0 Å². The quantitative estimate of drug-likeness (QED) is 0.329. The molecule has 0 aliphatic rings. The zero-order valence-electron chi connectivity index (χ0n) is 15.9. The number of carbonyl (C=O) groups is 1. The summed E-state index contributed by atoms with van der Waals surface area (Å²) in [6.45, 7) is 16.2. The molecule has 0 amide bonds. The van der Waals surface area contributed by atoms with Gasteiger partial charge in [-0.15, -0.1) is 0 Å². The van der Waals surface area contributed by atoms with Crippen molar-refractivity contribution in [2.75, 3.05) is 6.61 Å². The van der Waals surface area contributed by atoms with Crippen LogP contribution >= 0.6 is 0 Å². The van der Waals surface area contributed by atoms with E-state index >= 15 is 0 Å². The molecule has 0 spiro atoms. The predicted molar refractivity (Wildman–Crippen MR) is 93.6 cm³/mol. The Balaban J connectivity index is 3.01. The molecule has 1 aromatic rings. The van der Waals surface area contributed by atoms with Crippen LogP contribution in [-0.2, 0) is 14.1 Å². The second-order valence-corrected chi connectivity index (χ2v) is 12.2. The van der Waals surface area contributed by atoms with Gasteiger partial charge in [0.2, 0.25) is 0 Å². The lowest BCUT2D eigenvalue weighted by Crippen LogP contribution is -2.44. The number of hydrogen-bond acceptors (Lipinski definition) is 6. The fourth-order valence-electron chi connectivity index (χ4n) is 2.13. The highest BCUT2D eigenvalue weighted by molar-refractivity contribution is 6.74. The largest absolute Gasteiger partial charge is 0.462 e. The highest BCUT2D eigenvalue weighted by Gasteiger charge is 2.41. The van der Waals surface area contributed by atoms with E-state index in [0.717, 1.165) is 0 Å². The van der Waals surface area contributed by atoms with E-state index in [2.05, 4.69) is 38.8 Å². The summed E-state index contributed by atoms with van der Waals surface area (Å²) < 4.78 is 16.8. The number of carbonyl (C=O) groups excluding carboxylic acids is 1. The zero-order chi connectivity index (χ0) is 18.7. The van der Waals surface area contributed by atoms with E-state index in [9.17, 15) is 10.1 Å². The van der Waals surface area contributed by atoms with Gasteiger partial charge in [0.15, 0.2) is 14.4 Å². The van der Waals surface area contributed by atoms with E-state index in [-0.39, 0.29) is 11.6 Å². The Morgan fingerprint density at radius 2 is 1.96 bits per heavy atom. The molecule has 2 atom stereocenters. The van der Waals surface area contributed by atoms with Crippen LogP contribution in [0.1, 0.15) is 62.6 Å². The Hall–Kier alpha value is -1.15. The van der Waals surface area contributed by atoms with Crippen LogP contribution in [0.3, 0.4) is 0 Å². The topological polar surface area (TPSA) is 78.1 Å². The second kappa shape index (κ2) is 7.82. The van der Waals surface area contributed by atoms with Crippen molar-refractivity contribution in [3.8, 4) is 0 Å². The third-order valence-corrected chi connectivity index (χ3v) is 9.11. The van der Waals surface area contributed by atoms with Gasteiger partial charge < -0.3 is 13.6 Å². The van der Waals surface area contributed by atoms with Crippen LogP contribution in [0.2, 0.25) is 18.1 Å². The van der Waals surface area contributed by atoms with Crippen molar-refractivity contribution in [2.45, 2.75) is 71.9 Å². The summed E-state index contributed by atoms with van der Waals surface area (Å²) >= 11 is 0. The van der Waals surface area contributed by atoms with E-state index in [1.807, 2.05) is 6.92 Å². The molecule has 1 aromatic heterocycles. The van der Waals surface area contributed by atoms with Crippen LogP contribution in [0, 0.1) is 6.92 Å². The average Bonchev–Trinajstić information content (AvgIpc) is 2.79. The summed E-state index contributed by atoms with van der Waals surface area (Å²) in [5.41, 5.74) is 0.327. The SMILES string of the molecule is CCOC(=O)c1cc([C@H](OO)[C@H](C)O[Si](C)(C)C(C)(C)C)oc1C. The van der Waals surface area contributed by atoms with Gasteiger partial charge in [-0.25, -0.2) is 9.68 Å². The summed E-state index contributed by atoms with van der Waals surface area (Å²) in [6, 6.07) is 1.54. The average molecular weight is 359 g/mol. The van der Waals surface area contributed by atoms with Crippen molar-refractivity contribution < 1.29 is 28.5 Å². The number of esters is 1. The smallest absolute Gasteiger partial charge is 0.341 e. The first-order chi connectivity index (χ1) is 10.9. The van der Waals surface area contributed by atoms with Crippen molar-refractivity contribution in [3.05, 3.63) is 23.2 Å². The first-order valence-electron chi connectivity index (χ1n) is 8.20. The summed E-state index contributed by atoms with van der Waals surface area (Å²) in [6.07, 6.45) is -1.25. The van der Waals surface area contributed by atoms with Crippen LogP contribution in [0.25, 0.3) is 0 Å². The second-order valence-electron chi connectivity index (χ2n) is 7.45. The Morgan fingerprint density at radius 1 is 1.38 bits per heavy atom. The highest BCUT2D eigenvalue weighted by Crippen LogP contribution is 2.39. The highest BCUT2D eigenvalue weighted by atomic mass is 28.4. The van der Waals surface area contributed by atoms with Crippen molar-refractivity contribution in [3.63, 3.8) is 0 Å². The van der Waals surface area contributed by atoms with E-state index in [1.54, 1.807) is 19.9 Å². The molecule has 1 rings (SSSR count). The summed E-state index contributed by atoms with van der Waals surface area (Å²) in [5.74, 6) is 0.300. The van der Waals surface area contributed by atoms with Gasteiger partial charge >= 0.3 is 5.97 Å². The van der Waals surface area contributed by atoms with E-state index in [1.165, 1.54) is 0 Å². The minimum atomic E-state index is -2.05. The Labute approximate surface area is 145 Å². The van der Waals surface area contributed by atoms with Crippen LogP contribution in [-0.4, -0.2) is 32.3 Å². The third kappa shape index (κ3) is 4.69. The van der Waals surface area contributed by atoms with Gasteiger partial charge in [0.05, 0.1) is 12.7 Å². The third-order valence-electron chi connectivity index (χ3n) is 4.54. The van der Waals surface area contributed by atoms with Crippen molar-refractivity contribution in [2.24, 2.45) is 0 Å².